The molecule has 0 saturated carbocycles. The largest absolute Gasteiger partial charge is 0.761 e. The van der Waals surface area contributed by atoms with Gasteiger partial charge in [0.2, 0.25) is 0 Å². The van der Waals surface area contributed by atoms with Gasteiger partial charge in [-0.1, -0.05) is 0 Å². The first-order valence-electron chi connectivity index (χ1n) is 1.30. The third-order valence-electron chi connectivity index (χ3n) is 0. The summed E-state index contributed by atoms with van der Waals surface area (Å²) in [5.41, 5.74) is 0. The molecule has 1 radical (unpaired) electrons. The summed E-state index contributed by atoms with van der Waals surface area (Å²) in [6, 6.07) is 0. The molecule has 9 heteroatoms. The second kappa shape index (κ2) is 11.2. The van der Waals surface area contributed by atoms with Crippen LogP contribution >= 0.6 is 0 Å². The van der Waals surface area contributed by atoms with Gasteiger partial charge in [0.05, 0.1) is 0 Å². The Hall–Kier alpha value is 0.338. The minimum absolute atomic E-state index is 0. The van der Waals surface area contributed by atoms with E-state index >= 15 is 0 Å². The van der Waals surface area contributed by atoms with Crippen LogP contribution in [0.4, 0.5) is 0 Å². The van der Waals surface area contributed by atoms with E-state index in [1.165, 1.54) is 0 Å². The van der Waals surface area contributed by atoms with Crippen LogP contribution in [-0.4, -0.2) is 37.5 Å². The topological polar surface area (TPSA) is 115 Å². The molecule has 0 rings (SSSR count). The van der Waals surface area contributed by atoms with Gasteiger partial charge in [-0.3, -0.25) is 8.92 Å². The summed E-state index contributed by atoms with van der Waals surface area (Å²) < 4.78 is 17.5. The maximum absolute atomic E-state index is 8.74. The van der Waals surface area contributed by atoms with E-state index in [1.54, 1.807) is 0 Å². The van der Waals surface area contributed by atoms with E-state index in [-0.39, 0.29) is 32.7 Å². The fourth-order valence-electron chi connectivity index (χ4n) is 0. The van der Waals surface area contributed by atoms with Crippen LogP contribution in [0.3, 0.4) is 0 Å². The van der Waals surface area contributed by atoms with Crippen molar-refractivity contribution in [1.29, 1.82) is 0 Å². The first kappa shape index (κ1) is 16.2. The van der Waals surface area contributed by atoms with Crippen LogP contribution in [0, 0.1) is 0 Å². The Labute approximate surface area is 78.8 Å². The minimum Gasteiger partial charge on any atom is -0.511 e. The van der Waals surface area contributed by atoms with Crippen molar-refractivity contribution < 1.29 is 60.8 Å². The van der Waals surface area contributed by atoms with Gasteiger partial charge in [-0.25, -0.2) is 0 Å². The molecule has 0 aromatic carbocycles. The van der Waals surface area contributed by atoms with Gasteiger partial charge in [-0.05, 0) is 0 Å². The summed E-state index contributed by atoms with van der Waals surface area (Å²) in [5, 5.41) is 0. The Balaban J connectivity index is -0.0000000720. The van der Waals surface area contributed by atoms with Crippen LogP contribution in [0.25, 0.3) is 0 Å². The van der Waals surface area contributed by atoms with Crippen molar-refractivity contribution in [2.24, 2.45) is 0 Å². The van der Waals surface area contributed by atoms with Crippen molar-refractivity contribution in [2.45, 2.75) is 0 Å². The van der Waals surface area contributed by atoms with Crippen molar-refractivity contribution in [3.05, 3.63) is 0 Å². The minimum atomic E-state index is -3.13. The van der Waals surface area contributed by atoms with Gasteiger partial charge in [0.1, 0.15) is 0 Å². The number of rotatable bonds is 0. The Morgan fingerprint density at radius 3 is 0.778 bits per heavy atom. The maximum atomic E-state index is 8.74. The summed E-state index contributed by atoms with van der Waals surface area (Å²) in [6.45, 7) is 0. The second-order valence-corrected chi connectivity index (χ2v) is 1.70. The average molecular weight is 245 g/mol. The molecule has 0 aromatic rings. The Bertz CT molecular complexity index is 69.1. The smallest absolute Gasteiger partial charge is 0.511 e. The quantitative estimate of drug-likeness (QED) is 0.333. The molecule has 0 amide bonds. The SMILES string of the molecule is O=[Si](O)O.O=[Si](O)O.[Y]. The average Bonchev–Trinajstić information content (AvgIpc) is 1.25. The molecule has 6 nitrogen and oxygen atoms in total. The molecule has 0 aromatic heterocycles. The van der Waals surface area contributed by atoms with Crippen LogP contribution in [0.2, 0.25) is 0 Å². The fourth-order valence-corrected chi connectivity index (χ4v) is 0. The Morgan fingerprint density at radius 1 is 0.778 bits per heavy atom. The molecule has 0 atom stereocenters. The van der Waals surface area contributed by atoms with Crippen LogP contribution < -0.4 is 0 Å². The molecule has 0 heterocycles. The molecule has 0 bridgehead atoms. The normalized spacial score (nSPS) is 5.33. The molecular formula is H4O6Si2Y. The maximum Gasteiger partial charge on any atom is 0.761 e. The predicted octanol–water partition coefficient (Wildman–Crippen LogP) is -3.23. The van der Waals surface area contributed by atoms with Gasteiger partial charge in [-0.15, -0.1) is 0 Å². The molecule has 0 aliphatic rings. The van der Waals surface area contributed by atoms with Crippen LogP contribution in [-0.2, 0) is 41.6 Å². The van der Waals surface area contributed by atoms with Crippen molar-refractivity contribution in [1.82, 2.24) is 0 Å². The first-order chi connectivity index (χ1) is 3.46. The van der Waals surface area contributed by atoms with Crippen LogP contribution in [0.5, 0.6) is 0 Å². The van der Waals surface area contributed by atoms with Gasteiger partial charge in [0, 0.05) is 32.7 Å². The van der Waals surface area contributed by atoms with Crippen LogP contribution in [0.1, 0.15) is 0 Å². The molecule has 0 unspecified atom stereocenters. The first-order valence-corrected chi connectivity index (χ1v) is 3.91. The van der Waals surface area contributed by atoms with Gasteiger partial charge < -0.3 is 19.2 Å². The summed E-state index contributed by atoms with van der Waals surface area (Å²) in [6.07, 6.45) is 0. The molecule has 0 fully saturated rings. The molecule has 0 aliphatic heterocycles. The molecular weight excluding hydrogens is 241 g/mol. The number of hydrogen-bond acceptors (Lipinski definition) is 2. The Kier molecular flexibility index (Phi) is 20.1. The monoisotopic (exact) mass is 245 g/mol. The van der Waals surface area contributed by atoms with E-state index in [0.717, 1.165) is 0 Å². The van der Waals surface area contributed by atoms with Gasteiger partial charge in [0.25, 0.3) is 0 Å². The van der Waals surface area contributed by atoms with Gasteiger partial charge in [-0.2, -0.15) is 0 Å². The molecule has 0 aliphatic carbocycles. The molecule has 0 saturated heterocycles. The zero-order valence-electron chi connectivity index (χ0n) is 4.18. The van der Waals surface area contributed by atoms with E-state index < -0.39 is 18.3 Å². The third-order valence-corrected chi connectivity index (χ3v) is 0. The van der Waals surface area contributed by atoms with E-state index in [0.29, 0.717) is 0 Å². The third kappa shape index (κ3) is 2940. The summed E-state index contributed by atoms with van der Waals surface area (Å²) in [4.78, 5) is 28.6. The van der Waals surface area contributed by atoms with Crippen LogP contribution in [0.15, 0.2) is 0 Å². The molecule has 4 N–H and O–H groups in total. The fraction of sp³-hybridized carbons (Fsp3) is 0. The zero-order chi connectivity index (χ0) is 7.15. The standard InChI is InChI=1S/2H2O3Si.Y/c2*1-4(2)3;/h2*1-2H;. The van der Waals surface area contributed by atoms with E-state index in [2.05, 4.69) is 0 Å². The van der Waals surface area contributed by atoms with E-state index in [1.807, 2.05) is 0 Å². The molecule has 9 heavy (non-hydrogen) atoms. The second-order valence-electron chi connectivity index (χ2n) is 0.565. The van der Waals surface area contributed by atoms with E-state index in [9.17, 15) is 0 Å². The summed E-state index contributed by atoms with van der Waals surface area (Å²) in [5.74, 6) is 0. The Morgan fingerprint density at radius 2 is 0.778 bits per heavy atom. The van der Waals surface area contributed by atoms with Gasteiger partial charge in [0.15, 0.2) is 0 Å². The van der Waals surface area contributed by atoms with Crippen molar-refractivity contribution >= 4 is 18.3 Å². The zero-order valence-corrected chi connectivity index (χ0v) is 9.02. The van der Waals surface area contributed by atoms with Gasteiger partial charge >= 0.3 is 18.3 Å². The summed E-state index contributed by atoms with van der Waals surface area (Å²) >= 11 is 0. The molecule has 51 valence electrons. The van der Waals surface area contributed by atoms with Crippen molar-refractivity contribution in [2.75, 3.05) is 0 Å². The molecule has 0 spiro atoms. The van der Waals surface area contributed by atoms with Crippen molar-refractivity contribution in [3.8, 4) is 0 Å². The van der Waals surface area contributed by atoms with Crippen molar-refractivity contribution in [3.63, 3.8) is 0 Å². The summed E-state index contributed by atoms with van der Waals surface area (Å²) in [7, 11) is -6.26. The number of hydrogen-bond donors (Lipinski definition) is 4. The predicted molar refractivity (Wildman–Crippen MR) is 21.8 cm³/mol. The van der Waals surface area contributed by atoms with E-state index in [4.69, 9.17) is 28.1 Å².